The van der Waals surface area contributed by atoms with Crippen LogP contribution in [0.5, 0.6) is 5.75 Å². The molecule has 0 radical (unpaired) electrons. The number of halogens is 2. The van der Waals surface area contributed by atoms with Crippen molar-refractivity contribution in [2.24, 2.45) is 0 Å². The lowest BCUT2D eigenvalue weighted by molar-refractivity contribution is 0.215. The second-order valence-corrected chi connectivity index (χ2v) is 4.79. The summed E-state index contributed by atoms with van der Waals surface area (Å²) in [6.45, 7) is 0. The van der Waals surface area contributed by atoms with Crippen molar-refractivity contribution in [1.82, 2.24) is 4.98 Å². The first-order valence-electron chi connectivity index (χ1n) is 5.45. The molecule has 3 N–H and O–H groups in total. The Kier molecular flexibility index (Phi) is 4.14. The van der Waals surface area contributed by atoms with E-state index >= 15 is 0 Å². The molecule has 0 bridgehead atoms. The van der Waals surface area contributed by atoms with E-state index in [0.29, 0.717) is 26.9 Å². The molecular formula is C13H12Cl2N2O2. The summed E-state index contributed by atoms with van der Waals surface area (Å²) in [6, 6.07) is 6.53. The quantitative estimate of drug-likeness (QED) is 0.914. The van der Waals surface area contributed by atoms with Gasteiger partial charge in [0.15, 0.2) is 0 Å². The lowest BCUT2D eigenvalue weighted by Crippen LogP contribution is -2.07. The van der Waals surface area contributed by atoms with Gasteiger partial charge in [0, 0.05) is 22.3 Å². The monoisotopic (exact) mass is 298 g/mol. The second kappa shape index (κ2) is 5.65. The lowest BCUT2D eigenvalue weighted by Gasteiger charge is -2.16. The fourth-order valence-corrected chi connectivity index (χ4v) is 2.09. The summed E-state index contributed by atoms with van der Waals surface area (Å²) in [5, 5.41) is 11.3. The number of ether oxygens (including phenoxy) is 1. The topological polar surface area (TPSA) is 68.4 Å². The lowest BCUT2D eigenvalue weighted by atomic mass is 10.0. The number of aliphatic hydroxyl groups is 1. The molecule has 2 rings (SSSR count). The van der Waals surface area contributed by atoms with Gasteiger partial charge in [-0.05, 0) is 18.2 Å². The Morgan fingerprint density at radius 1 is 1.21 bits per heavy atom. The Morgan fingerprint density at radius 2 is 1.95 bits per heavy atom. The Balaban J connectivity index is 2.49. The Hall–Kier alpha value is -1.49. The molecule has 0 fully saturated rings. The summed E-state index contributed by atoms with van der Waals surface area (Å²) < 4.78 is 5.20. The number of pyridine rings is 1. The van der Waals surface area contributed by atoms with E-state index in [0.717, 1.165) is 0 Å². The maximum absolute atomic E-state index is 10.4. The number of nitrogens with zero attached hydrogens (tertiary/aromatic N) is 1. The summed E-state index contributed by atoms with van der Waals surface area (Å²) in [5.41, 5.74) is 6.72. The smallest absolute Gasteiger partial charge is 0.129 e. The molecule has 100 valence electrons. The summed E-state index contributed by atoms with van der Waals surface area (Å²) in [5.74, 6) is 0.688. The van der Waals surface area contributed by atoms with E-state index < -0.39 is 6.10 Å². The number of rotatable bonds is 3. The highest BCUT2D eigenvalue weighted by Gasteiger charge is 2.19. The number of nitrogen functional groups attached to an aromatic ring is 1. The minimum absolute atomic E-state index is 0.217. The molecule has 1 heterocycles. The maximum Gasteiger partial charge on any atom is 0.129 e. The Bertz CT molecular complexity index is 605. The highest BCUT2D eigenvalue weighted by Crippen LogP contribution is 2.34. The van der Waals surface area contributed by atoms with Gasteiger partial charge in [-0.1, -0.05) is 29.3 Å². The number of benzene rings is 1. The van der Waals surface area contributed by atoms with Crippen molar-refractivity contribution in [3.8, 4) is 5.75 Å². The Labute approximate surface area is 120 Å². The van der Waals surface area contributed by atoms with Crippen LogP contribution in [0.15, 0.2) is 30.5 Å². The molecule has 2 aromatic rings. The van der Waals surface area contributed by atoms with E-state index in [4.69, 9.17) is 33.7 Å². The van der Waals surface area contributed by atoms with Gasteiger partial charge in [-0.3, -0.25) is 0 Å². The van der Waals surface area contributed by atoms with Crippen LogP contribution in [0.1, 0.15) is 17.2 Å². The zero-order valence-electron chi connectivity index (χ0n) is 10.1. The normalized spacial score (nSPS) is 12.2. The molecule has 19 heavy (non-hydrogen) atoms. The highest BCUT2D eigenvalue weighted by molar-refractivity contribution is 6.31. The van der Waals surface area contributed by atoms with Crippen LogP contribution < -0.4 is 10.5 Å². The highest BCUT2D eigenvalue weighted by atomic mass is 35.5. The number of anilines is 1. The molecule has 0 aliphatic rings. The van der Waals surface area contributed by atoms with Crippen LogP contribution in [0.3, 0.4) is 0 Å². The fourth-order valence-electron chi connectivity index (χ4n) is 1.76. The molecule has 0 saturated carbocycles. The van der Waals surface area contributed by atoms with Gasteiger partial charge < -0.3 is 15.6 Å². The zero-order valence-corrected chi connectivity index (χ0v) is 11.6. The van der Waals surface area contributed by atoms with Gasteiger partial charge in [0.05, 0.1) is 12.1 Å². The van der Waals surface area contributed by atoms with Crippen molar-refractivity contribution in [3.05, 3.63) is 51.6 Å². The average molecular weight is 299 g/mol. The van der Waals surface area contributed by atoms with Crippen LogP contribution >= 0.6 is 23.2 Å². The van der Waals surface area contributed by atoms with Crippen molar-refractivity contribution in [3.63, 3.8) is 0 Å². The van der Waals surface area contributed by atoms with E-state index in [-0.39, 0.29) is 5.82 Å². The molecule has 1 aromatic carbocycles. The third-order valence-electron chi connectivity index (χ3n) is 2.70. The molecule has 0 amide bonds. The van der Waals surface area contributed by atoms with Crippen molar-refractivity contribution in [2.75, 3.05) is 12.8 Å². The Morgan fingerprint density at radius 3 is 2.63 bits per heavy atom. The number of aliphatic hydroxyl groups excluding tert-OH is 1. The van der Waals surface area contributed by atoms with Crippen LogP contribution in [0.4, 0.5) is 5.82 Å². The molecule has 6 heteroatoms. The van der Waals surface area contributed by atoms with Crippen LogP contribution in [-0.2, 0) is 0 Å². The van der Waals surface area contributed by atoms with Crippen molar-refractivity contribution >= 4 is 29.0 Å². The maximum atomic E-state index is 10.4. The van der Waals surface area contributed by atoms with Gasteiger partial charge in [-0.2, -0.15) is 0 Å². The van der Waals surface area contributed by atoms with Crippen LogP contribution in [0.2, 0.25) is 10.0 Å². The second-order valence-electron chi connectivity index (χ2n) is 3.92. The summed E-state index contributed by atoms with van der Waals surface area (Å²) in [7, 11) is 1.50. The number of methoxy groups -OCH3 is 1. The van der Waals surface area contributed by atoms with Gasteiger partial charge in [0.1, 0.15) is 17.7 Å². The number of hydrogen-bond acceptors (Lipinski definition) is 4. The molecule has 1 unspecified atom stereocenters. The van der Waals surface area contributed by atoms with E-state index in [1.54, 1.807) is 24.3 Å². The summed E-state index contributed by atoms with van der Waals surface area (Å²) in [4.78, 5) is 3.92. The van der Waals surface area contributed by atoms with Crippen molar-refractivity contribution < 1.29 is 9.84 Å². The predicted molar refractivity (Wildman–Crippen MR) is 75.7 cm³/mol. The molecule has 0 aliphatic carbocycles. The molecule has 4 nitrogen and oxygen atoms in total. The molecule has 1 atom stereocenters. The molecule has 0 spiro atoms. The molecule has 1 aromatic heterocycles. The van der Waals surface area contributed by atoms with Crippen molar-refractivity contribution in [2.45, 2.75) is 6.10 Å². The molecular weight excluding hydrogens is 287 g/mol. The minimum atomic E-state index is -0.988. The van der Waals surface area contributed by atoms with Gasteiger partial charge in [0.2, 0.25) is 0 Å². The third kappa shape index (κ3) is 2.92. The first-order valence-corrected chi connectivity index (χ1v) is 6.21. The SMILES string of the molecule is COc1cc(Cl)ccc1C(O)c1cc(Cl)cnc1N. The first-order chi connectivity index (χ1) is 9.02. The van der Waals surface area contributed by atoms with Gasteiger partial charge >= 0.3 is 0 Å². The van der Waals surface area contributed by atoms with E-state index in [1.165, 1.54) is 13.3 Å². The van der Waals surface area contributed by atoms with Gasteiger partial charge in [0.25, 0.3) is 0 Å². The largest absolute Gasteiger partial charge is 0.496 e. The van der Waals surface area contributed by atoms with E-state index in [9.17, 15) is 5.11 Å². The third-order valence-corrected chi connectivity index (χ3v) is 3.14. The molecule has 0 saturated heterocycles. The predicted octanol–water partition coefficient (Wildman–Crippen LogP) is 3.06. The van der Waals surface area contributed by atoms with E-state index in [2.05, 4.69) is 4.98 Å². The standard InChI is InChI=1S/C13H12Cl2N2O2/c1-19-11-5-7(14)2-3-9(11)12(18)10-4-8(15)6-17-13(10)16/h2-6,12,18H,1H3,(H2,16,17). The minimum Gasteiger partial charge on any atom is -0.496 e. The number of aromatic nitrogens is 1. The van der Waals surface area contributed by atoms with Gasteiger partial charge in [-0.25, -0.2) is 4.98 Å². The van der Waals surface area contributed by atoms with Crippen LogP contribution in [-0.4, -0.2) is 17.2 Å². The zero-order chi connectivity index (χ0) is 14.0. The van der Waals surface area contributed by atoms with E-state index in [1.807, 2.05) is 0 Å². The van der Waals surface area contributed by atoms with Crippen LogP contribution in [0, 0.1) is 0 Å². The summed E-state index contributed by atoms with van der Waals surface area (Å²) in [6.07, 6.45) is 0.435. The van der Waals surface area contributed by atoms with Crippen molar-refractivity contribution in [1.29, 1.82) is 0 Å². The first kappa shape index (κ1) is 13.9. The van der Waals surface area contributed by atoms with Gasteiger partial charge in [-0.15, -0.1) is 0 Å². The van der Waals surface area contributed by atoms with Crippen LogP contribution in [0.25, 0.3) is 0 Å². The average Bonchev–Trinajstić information content (AvgIpc) is 2.40. The number of hydrogen-bond donors (Lipinski definition) is 2. The summed E-state index contributed by atoms with van der Waals surface area (Å²) >= 11 is 11.7. The molecule has 0 aliphatic heterocycles. The fraction of sp³-hybridized carbons (Fsp3) is 0.154. The number of nitrogens with two attached hydrogens (primary N) is 1.